The molecule has 0 amide bonds. The minimum Gasteiger partial charge on any atom is -0.166 e. The van der Waals surface area contributed by atoms with Crippen molar-refractivity contribution in [3.8, 4) is 32.0 Å². The zero-order valence-corrected chi connectivity index (χ0v) is 17.2. The van der Waals surface area contributed by atoms with E-state index in [-0.39, 0.29) is 17.2 Å². The predicted molar refractivity (Wildman–Crippen MR) is 115 cm³/mol. The van der Waals surface area contributed by atoms with Crippen molar-refractivity contribution in [2.75, 3.05) is 0 Å². The van der Waals surface area contributed by atoms with Crippen molar-refractivity contribution in [2.24, 2.45) is 0 Å². The first-order valence-corrected chi connectivity index (χ1v) is 10.3. The molecule has 1 aromatic heterocycles. The van der Waals surface area contributed by atoms with Gasteiger partial charge < -0.3 is 0 Å². The molecule has 3 aromatic carbocycles. The van der Waals surface area contributed by atoms with Crippen molar-refractivity contribution in [1.82, 2.24) is 0 Å². The Morgan fingerprint density at radius 1 is 0.438 bits per heavy atom. The van der Waals surface area contributed by atoms with Gasteiger partial charge in [-0.05, 0) is 53.6 Å². The van der Waals surface area contributed by atoms with Gasteiger partial charge in [0.25, 0.3) is 0 Å². The summed E-state index contributed by atoms with van der Waals surface area (Å²) >= 11 is 1.41. The second-order valence-electron chi connectivity index (χ2n) is 7.10. The van der Waals surface area contributed by atoms with Crippen LogP contribution in [0.5, 0.6) is 0 Å². The summed E-state index contributed by atoms with van der Waals surface area (Å²) in [7, 11) is 0. The second-order valence-corrected chi connectivity index (χ2v) is 8.18. The van der Waals surface area contributed by atoms with Crippen LogP contribution in [0.2, 0.25) is 0 Å². The molecule has 0 aliphatic carbocycles. The summed E-state index contributed by atoms with van der Waals surface area (Å²) < 4.78 is 80.2. The first-order valence-electron chi connectivity index (χ1n) is 9.50. The SMILES string of the molecule is FC(F)(F)c1cc(-c2cc(-c3ccccc3)[s+]c(-c3ccccc3)c2)cc(C(F)(F)F)c1. The summed E-state index contributed by atoms with van der Waals surface area (Å²) in [5.41, 5.74) is -0.902. The molecule has 0 saturated heterocycles. The molecule has 1 heterocycles. The molecule has 0 bridgehead atoms. The molecule has 162 valence electrons. The lowest BCUT2D eigenvalue weighted by molar-refractivity contribution is -0.143. The number of benzene rings is 3. The number of halogens is 6. The van der Waals surface area contributed by atoms with Crippen LogP contribution < -0.4 is 0 Å². The number of alkyl halides is 6. The second kappa shape index (κ2) is 8.39. The van der Waals surface area contributed by atoms with Gasteiger partial charge in [0.15, 0.2) is 0 Å². The maximum atomic E-state index is 13.4. The molecule has 0 atom stereocenters. The van der Waals surface area contributed by atoms with Crippen molar-refractivity contribution < 1.29 is 26.3 Å². The van der Waals surface area contributed by atoms with Gasteiger partial charge in [-0.15, -0.1) is 0 Å². The Morgan fingerprint density at radius 2 is 0.812 bits per heavy atom. The quantitative estimate of drug-likeness (QED) is 0.211. The molecule has 7 heteroatoms. The molecule has 4 rings (SSSR count). The number of hydrogen-bond acceptors (Lipinski definition) is 0. The van der Waals surface area contributed by atoms with Crippen LogP contribution in [0.3, 0.4) is 0 Å². The standard InChI is InChI=1S/C25H15F6S/c26-24(27,28)20-11-18(12-21(15-20)25(29,30)31)19-13-22(16-7-3-1-4-8-16)32-23(14-19)17-9-5-2-6-10-17/h1-15H/q+1. The lowest BCUT2D eigenvalue weighted by atomic mass is 9.98. The number of rotatable bonds is 3. The van der Waals surface area contributed by atoms with Gasteiger partial charge in [0.1, 0.15) is 0 Å². The Bertz CT molecular complexity index is 1140. The average Bonchev–Trinajstić information content (AvgIpc) is 2.78. The van der Waals surface area contributed by atoms with Crippen LogP contribution in [0, 0.1) is 0 Å². The van der Waals surface area contributed by atoms with Crippen molar-refractivity contribution in [3.05, 3.63) is 102 Å². The van der Waals surface area contributed by atoms with Crippen LogP contribution in [-0.4, -0.2) is 0 Å². The third-order valence-electron chi connectivity index (χ3n) is 4.83. The van der Waals surface area contributed by atoms with E-state index in [1.54, 1.807) is 12.1 Å². The molecular weight excluding hydrogens is 446 g/mol. The fourth-order valence-electron chi connectivity index (χ4n) is 3.28. The normalized spacial score (nSPS) is 12.1. The Balaban J connectivity index is 1.97. The third kappa shape index (κ3) is 4.83. The molecule has 0 radical (unpaired) electrons. The highest BCUT2D eigenvalue weighted by atomic mass is 32.1. The van der Waals surface area contributed by atoms with Gasteiger partial charge in [0.2, 0.25) is 21.1 Å². The Hall–Kier alpha value is -3.19. The van der Waals surface area contributed by atoms with Crippen LogP contribution in [0.4, 0.5) is 26.3 Å². The Kier molecular flexibility index (Phi) is 5.77. The maximum Gasteiger partial charge on any atom is 0.416 e. The summed E-state index contributed by atoms with van der Waals surface area (Å²) in [5.74, 6) is 0. The van der Waals surface area contributed by atoms with Crippen LogP contribution in [0.25, 0.3) is 32.0 Å². The van der Waals surface area contributed by atoms with E-state index in [0.717, 1.165) is 33.0 Å². The Morgan fingerprint density at radius 3 is 1.19 bits per heavy atom. The molecule has 0 fully saturated rings. The van der Waals surface area contributed by atoms with E-state index in [1.807, 2.05) is 60.7 Å². The van der Waals surface area contributed by atoms with Crippen LogP contribution >= 0.6 is 11.3 Å². The maximum absolute atomic E-state index is 13.4. The lowest BCUT2D eigenvalue weighted by Crippen LogP contribution is -2.11. The molecule has 0 saturated carbocycles. The smallest absolute Gasteiger partial charge is 0.166 e. The van der Waals surface area contributed by atoms with Gasteiger partial charge in [-0.3, -0.25) is 0 Å². The van der Waals surface area contributed by atoms with E-state index < -0.39 is 23.5 Å². The van der Waals surface area contributed by atoms with E-state index in [2.05, 4.69) is 0 Å². The molecule has 32 heavy (non-hydrogen) atoms. The highest BCUT2D eigenvalue weighted by Crippen LogP contribution is 2.41. The van der Waals surface area contributed by atoms with Gasteiger partial charge >= 0.3 is 12.4 Å². The van der Waals surface area contributed by atoms with Crippen molar-refractivity contribution in [3.63, 3.8) is 0 Å². The molecule has 0 spiro atoms. The molecule has 0 unspecified atom stereocenters. The fourth-order valence-corrected chi connectivity index (χ4v) is 4.40. The van der Waals surface area contributed by atoms with E-state index in [1.165, 1.54) is 11.3 Å². The van der Waals surface area contributed by atoms with Crippen molar-refractivity contribution >= 4 is 11.3 Å². The molecule has 0 aliphatic rings. The van der Waals surface area contributed by atoms with Gasteiger partial charge in [-0.1, -0.05) is 36.4 Å². The molecule has 0 N–H and O–H groups in total. The van der Waals surface area contributed by atoms with E-state index in [0.29, 0.717) is 0 Å². The van der Waals surface area contributed by atoms with Crippen molar-refractivity contribution in [2.45, 2.75) is 12.4 Å². The lowest BCUT2D eigenvalue weighted by Gasteiger charge is -2.14. The van der Waals surface area contributed by atoms with E-state index in [9.17, 15) is 26.3 Å². The van der Waals surface area contributed by atoms with Gasteiger partial charge in [0, 0.05) is 23.3 Å². The molecule has 0 nitrogen and oxygen atoms in total. The zero-order chi connectivity index (χ0) is 22.9. The zero-order valence-electron chi connectivity index (χ0n) is 16.3. The average molecular weight is 461 g/mol. The highest BCUT2D eigenvalue weighted by molar-refractivity contribution is 7.18. The predicted octanol–water partition coefficient (Wildman–Crippen LogP) is 9.07. The molecule has 4 aromatic rings. The van der Waals surface area contributed by atoms with Gasteiger partial charge in [-0.2, -0.15) is 26.3 Å². The number of hydrogen-bond donors (Lipinski definition) is 0. The molecular formula is C25H15F6S+. The van der Waals surface area contributed by atoms with Gasteiger partial charge in [0.05, 0.1) is 11.1 Å². The Labute approximate surface area is 184 Å². The minimum atomic E-state index is -4.90. The summed E-state index contributed by atoms with van der Waals surface area (Å²) in [6.45, 7) is 0. The van der Waals surface area contributed by atoms with E-state index >= 15 is 0 Å². The fraction of sp³-hybridized carbons (Fsp3) is 0.0800. The summed E-state index contributed by atoms with van der Waals surface area (Å²) in [5, 5.41) is 0. The summed E-state index contributed by atoms with van der Waals surface area (Å²) in [6.07, 6.45) is -9.81. The van der Waals surface area contributed by atoms with Crippen LogP contribution in [-0.2, 0) is 12.4 Å². The summed E-state index contributed by atoms with van der Waals surface area (Å²) in [4.78, 5) is 1.46. The summed E-state index contributed by atoms with van der Waals surface area (Å²) in [6, 6.07) is 23.3. The largest absolute Gasteiger partial charge is 0.416 e. The first-order chi connectivity index (χ1) is 15.1. The first kappa shape index (κ1) is 22.0. The highest BCUT2D eigenvalue weighted by Gasteiger charge is 2.37. The molecule has 0 aliphatic heterocycles. The van der Waals surface area contributed by atoms with Gasteiger partial charge in [-0.25, -0.2) is 0 Å². The monoisotopic (exact) mass is 461 g/mol. The minimum absolute atomic E-state index is 0.144. The van der Waals surface area contributed by atoms with Crippen LogP contribution in [0.1, 0.15) is 11.1 Å². The van der Waals surface area contributed by atoms with Crippen molar-refractivity contribution in [1.29, 1.82) is 0 Å². The van der Waals surface area contributed by atoms with E-state index in [4.69, 9.17) is 0 Å². The van der Waals surface area contributed by atoms with Crippen LogP contribution in [0.15, 0.2) is 91.0 Å². The third-order valence-corrected chi connectivity index (χ3v) is 5.98. The topological polar surface area (TPSA) is 0 Å².